The number of hydrogen-bond acceptors (Lipinski definition) is 4. The molecule has 0 saturated carbocycles. The molecule has 4 heteroatoms. The fourth-order valence-electron chi connectivity index (χ4n) is 2.03. The summed E-state index contributed by atoms with van der Waals surface area (Å²) in [6, 6.07) is 9.62. The van der Waals surface area contributed by atoms with Gasteiger partial charge in [0, 0.05) is 17.1 Å². The number of benzene rings is 1. The highest BCUT2D eigenvalue weighted by molar-refractivity contribution is 7.09. The van der Waals surface area contributed by atoms with E-state index in [4.69, 9.17) is 4.74 Å². The quantitative estimate of drug-likeness (QED) is 0.861. The van der Waals surface area contributed by atoms with Gasteiger partial charge in [-0.2, -0.15) is 0 Å². The van der Waals surface area contributed by atoms with Crippen molar-refractivity contribution in [3.05, 3.63) is 51.7 Å². The van der Waals surface area contributed by atoms with E-state index in [2.05, 4.69) is 5.32 Å². The molecule has 1 aliphatic rings. The first-order chi connectivity index (χ1) is 8.83. The minimum Gasteiger partial charge on any atom is -0.456 e. The van der Waals surface area contributed by atoms with Gasteiger partial charge >= 0.3 is 5.97 Å². The molecule has 2 heterocycles. The van der Waals surface area contributed by atoms with E-state index in [9.17, 15) is 4.79 Å². The van der Waals surface area contributed by atoms with Crippen LogP contribution >= 0.6 is 11.3 Å². The Bertz CT molecular complexity index is 563. The molecule has 1 aromatic heterocycles. The van der Waals surface area contributed by atoms with Crippen molar-refractivity contribution < 1.29 is 9.53 Å². The molecule has 0 amide bonds. The average molecular weight is 259 g/mol. The van der Waals surface area contributed by atoms with E-state index in [-0.39, 0.29) is 5.97 Å². The number of esters is 1. The lowest BCUT2D eigenvalue weighted by atomic mass is 10.1. The van der Waals surface area contributed by atoms with E-state index in [1.165, 1.54) is 5.56 Å². The van der Waals surface area contributed by atoms with Crippen LogP contribution < -0.4 is 5.32 Å². The molecule has 0 radical (unpaired) electrons. The number of hydrogen-bond donors (Lipinski definition) is 1. The van der Waals surface area contributed by atoms with Gasteiger partial charge in [0.05, 0.1) is 5.56 Å². The van der Waals surface area contributed by atoms with Gasteiger partial charge in [0.2, 0.25) is 0 Å². The summed E-state index contributed by atoms with van der Waals surface area (Å²) in [5, 5.41) is 5.23. The first-order valence-corrected chi connectivity index (χ1v) is 6.77. The largest absolute Gasteiger partial charge is 0.456 e. The standard InChI is InChI=1S/C14H13NO2S/c16-14(17-9-12-2-1-7-18-12)11-4-3-10-5-6-15-13(10)8-11/h1-4,7-8,15H,5-6,9H2. The van der Waals surface area contributed by atoms with Crippen molar-refractivity contribution >= 4 is 23.0 Å². The maximum atomic E-state index is 11.9. The monoisotopic (exact) mass is 259 g/mol. The maximum absolute atomic E-state index is 11.9. The van der Waals surface area contributed by atoms with Crippen molar-refractivity contribution in [2.45, 2.75) is 13.0 Å². The Kier molecular flexibility index (Phi) is 3.02. The molecule has 3 nitrogen and oxygen atoms in total. The number of carbonyl (C=O) groups excluding carboxylic acids is 1. The molecule has 3 rings (SSSR count). The SMILES string of the molecule is O=C(OCc1cccs1)c1ccc2c(c1)NCC2. The number of anilines is 1. The minimum atomic E-state index is -0.264. The van der Waals surface area contributed by atoms with Crippen molar-refractivity contribution in [2.75, 3.05) is 11.9 Å². The average Bonchev–Trinajstić information content (AvgIpc) is 3.05. The molecule has 92 valence electrons. The van der Waals surface area contributed by atoms with E-state index < -0.39 is 0 Å². The molecular formula is C14H13NO2S. The third kappa shape index (κ3) is 2.24. The van der Waals surface area contributed by atoms with Crippen LogP contribution in [0.2, 0.25) is 0 Å². The molecular weight excluding hydrogens is 246 g/mol. The molecule has 0 fully saturated rings. The molecule has 1 N–H and O–H groups in total. The predicted molar refractivity (Wildman–Crippen MR) is 72.1 cm³/mol. The van der Waals surface area contributed by atoms with Crippen LogP contribution in [0.15, 0.2) is 35.7 Å². The summed E-state index contributed by atoms with van der Waals surface area (Å²) in [5.74, 6) is -0.264. The van der Waals surface area contributed by atoms with Crippen LogP contribution in [0.4, 0.5) is 5.69 Å². The third-order valence-electron chi connectivity index (χ3n) is 2.98. The Labute approximate surface area is 109 Å². The van der Waals surface area contributed by atoms with E-state index in [1.807, 2.05) is 35.7 Å². The van der Waals surface area contributed by atoms with Crippen molar-refractivity contribution in [2.24, 2.45) is 0 Å². The molecule has 1 aromatic carbocycles. The van der Waals surface area contributed by atoms with Gasteiger partial charge in [0.15, 0.2) is 0 Å². The molecule has 0 saturated heterocycles. The lowest BCUT2D eigenvalue weighted by Crippen LogP contribution is -2.05. The summed E-state index contributed by atoms with van der Waals surface area (Å²) in [7, 11) is 0. The second-order valence-electron chi connectivity index (χ2n) is 4.20. The van der Waals surface area contributed by atoms with Crippen molar-refractivity contribution in [1.82, 2.24) is 0 Å². The Morgan fingerprint density at radius 3 is 3.17 bits per heavy atom. The summed E-state index contributed by atoms with van der Waals surface area (Å²) in [6.07, 6.45) is 1.03. The summed E-state index contributed by atoms with van der Waals surface area (Å²) >= 11 is 1.59. The topological polar surface area (TPSA) is 38.3 Å². The number of ether oxygens (including phenoxy) is 1. The summed E-state index contributed by atoms with van der Waals surface area (Å²) in [6.45, 7) is 1.30. The highest BCUT2D eigenvalue weighted by Gasteiger charge is 2.14. The Hall–Kier alpha value is -1.81. The van der Waals surface area contributed by atoms with Crippen LogP contribution in [-0.2, 0) is 17.8 Å². The second-order valence-corrected chi connectivity index (χ2v) is 5.24. The Balaban J connectivity index is 1.69. The molecule has 0 bridgehead atoms. The maximum Gasteiger partial charge on any atom is 0.338 e. The highest BCUT2D eigenvalue weighted by Crippen LogP contribution is 2.23. The molecule has 0 aliphatic carbocycles. The van der Waals surface area contributed by atoms with Gasteiger partial charge < -0.3 is 10.1 Å². The van der Waals surface area contributed by atoms with Crippen molar-refractivity contribution in [3.8, 4) is 0 Å². The van der Waals surface area contributed by atoms with Gasteiger partial charge in [-0.3, -0.25) is 0 Å². The normalized spacial score (nSPS) is 12.9. The number of rotatable bonds is 3. The molecule has 0 atom stereocenters. The first kappa shape index (κ1) is 11.3. The van der Waals surface area contributed by atoms with E-state index in [0.29, 0.717) is 12.2 Å². The van der Waals surface area contributed by atoms with Crippen molar-refractivity contribution in [1.29, 1.82) is 0 Å². The molecule has 18 heavy (non-hydrogen) atoms. The lowest BCUT2D eigenvalue weighted by Gasteiger charge is -2.05. The summed E-state index contributed by atoms with van der Waals surface area (Å²) in [5.41, 5.74) is 2.94. The Morgan fingerprint density at radius 1 is 1.39 bits per heavy atom. The van der Waals surface area contributed by atoms with Crippen LogP contribution in [0.25, 0.3) is 0 Å². The lowest BCUT2D eigenvalue weighted by molar-refractivity contribution is 0.0477. The van der Waals surface area contributed by atoms with E-state index in [0.717, 1.165) is 23.5 Å². The van der Waals surface area contributed by atoms with E-state index in [1.54, 1.807) is 11.3 Å². The fraction of sp³-hybridized carbons (Fsp3) is 0.214. The smallest absolute Gasteiger partial charge is 0.338 e. The number of thiophene rings is 1. The Morgan fingerprint density at radius 2 is 2.33 bits per heavy atom. The predicted octanol–water partition coefficient (Wildman–Crippen LogP) is 3.07. The minimum absolute atomic E-state index is 0.264. The summed E-state index contributed by atoms with van der Waals surface area (Å²) in [4.78, 5) is 13.0. The molecule has 0 unspecified atom stereocenters. The van der Waals surface area contributed by atoms with Gasteiger partial charge in [-0.05, 0) is 35.6 Å². The van der Waals surface area contributed by atoms with Gasteiger partial charge in [0.1, 0.15) is 6.61 Å². The molecule has 2 aromatic rings. The van der Waals surface area contributed by atoms with Crippen LogP contribution in [0.5, 0.6) is 0 Å². The molecule has 0 spiro atoms. The zero-order chi connectivity index (χ0) is 12.4. The van der Waals surface area contributed by atoms with E-state index >= 15 is 0 Å². The number of nitrogens with one attached hydrogen (secondary N) is 1. The van der Waals surface area contributed by atoms with Crippen LogP contribution in [0, 0.1) is 0 Å². The van der Waals surface area contributed by atoms with Gasteiger partial charge in [0.25, 0.3) is 0 Å². The van der Waals surface area contributed by atoms with Gasteiger partial charge in [-0.25, -0.2) is 4.79 Å². The fourth-order valence-corrected chi connectivity index (χ4v) is 2.65. The molecule has 1 aliphatic heterocycles. The highest BCUT2D eigenvalue weighted by atomic mass is 32.1. The van der Waals surface area contributed by atoms with Crippen LogP contribution in [-0.4, -0.2) is 12.5 Å². The number of carbonyl (C=O) groups is 1. The first-order valence-electron chi connectivity index (χ1n) is 5.89. The number of fused-ring (bicyclic) bond motifs is 1. The van der Waals surface area contributed by atoms with Crippen molar-refractivity contribution in [3.63, 3.8) is 0 Å². The summed E-state index contributed by atoms with van der Waals surface area (Å²) < 4.78 is 5.28. The zero-order valence-electron chi connectivity index (χ0n) is 9.81. The second kappa shape index (κ2) is 4.82. The van der Waals surface area contributed by atoms with Gasteiger partial charge in [-0.1, -0.05) is 12.1 Å². The van der Waals surface area contributed by atoms with Crippen LogP contribution in [0.1, 0.15) is 20.8 Å². The third-order valence-corrected chi connectivity index (χ3v) is 3.83. The van der Waals surface area contributed by atoms with Crippen LogP contribution in [0.3, 0.4) is 0 Å². The zero-order valence-corrected chi connectivity index (χ0v) is 10.6. The van der Waals surface area contributed by atoms with Gasteiger partial charge in [-0.15, -0.1) is 11.3 Å².